The van der Waals surface area contributed by atoms with E-state index in [0.29, 0.717) is 16.5 Å². The molecule has 2 aromatic heterocycles. The van der Waals surface area contributed by atoms with Crippen molar-refractivity contribution in [3.05, 3.63) is 72.1 Å². The minimum atomic E-state index is -1.38. The fraction of sp³-hybridized carbons (Fsp3) is 0. The molecular formula is C20H12N2O4. The average Bonchev–Trinajstić information content (AvgIpc) is 2.66. The summed E-state index contributed by atoms with van der Waals surface area (Å²) >= 11 is 0. The molecule has 126 valence electrons. The first-order valence-corrected chi connectivity index (χ1v) is 7.81. The Hall–Kier alpha value is -3.80. The lowest BCUT2D eigenvalue weighted by Crippen LogP contribution is -2.11. The molecule has 2 aromatic carbocycles. The fourth-order valence-corrected chi connectivity index (χ4v) is 3.06. The Balaban J connectivity index is 2.09. The number of aromatic nitrogens is 2. The maximum atomic E-state index is 11.5. The third-order valence-electron chi connectivity index (χ3n) is 4.20. The van der Waals surface area contributed by atoms with Gasteiger partial charge in [0.1, 0.15) is 0 Å². The number of para-hydroxylation sites is 2. The van der Waals surface area contributed by atoms with Crippen LogP contribution in [0.4, 0.5) is 0 Å². The van der Waals surface area contributed by atoms with Gasteiger partial charge in [0.2, 0.25) is 0 Å². The van der Waals surface area contributed by atoms with Crippen molar-refractivity contribution in [2.24, 2.45) is 0 Å². The molecule has 0 saturated heterocycles. The lowest BCUT2D eigenvalue weighted by atomic mass is 9.98. The van der Waals surface area contributed by atoms with Gasteiger partial charge in [0.05, 0.1) is 16.6 Å². The molecule has 0 fully saturated rings. The second-order valence-electron chi connectivity index (χ2n) is 5.75. The van der Waals surface area contributed by atoms with Crippen LogP contribution in [0, 0.1) is 0 Å². The number of rotatable bonds is 3. The zero-order valence-electron chi connectivity index (χ0n) is 13.4. The molecule has 2 N–H and O–H groups in total. The van der Waals surface area contributed by atoms with Crippen molar-refractivity contribution in [2.75, 3.05) is 0 Å². The zero-order chi connectivity index (χ0) is 18.3. The quantitative estimate of drug-likeness (QED) is 0.585. The van der Waals surface area contributed by atoms with Gasteiger partial charge in [0.15, 0.2) is 5.69 Å². The molecule has 0 aliphatic rings. The topological polar surface area (TPSA) is 100 Å². The summed E-state index contributed by atoms with van der Waals surface area (Å²) < 4.78 is 0. The summed E-state index contributed by atoms with van der Waals surface area (Å²) in [6.07, 6.45) is 1.69. The predicted molar refractivity (Wildman–Crippen MR) is 96.4 cm³/mol. The molecule has 0 aliphatic carbocycles. The van der Waals surface area contributed by atoms with E-state index >= 15 is 0 Å². The molecule has 0 spiro atoms. The number of carboxylic acid groups (broad SMARTS) is 2. The van der Waals surface area contributed by atoms with Gasteiger partial charge in [-0.25, -0.2) is 14.6 Å². The second kappa shape index (κ2) is 5.93. The van der Waals surface area contributed by atoms with Crippen molar-refractivity contribution in [3.8, 4) is 11.1 Å². The van der Waals surface area contributed by atoms with Gasteiger partial charge in [-0.2, -0.15) is 0 Å². The molecule has 0 bridgehead atoms. The van der Waals surface area contributed by atoms with Crippen LogP contribution in [-0.2, 0) is 0 Å². The number of hydrogen-bond acceptors (Lipinski definition) is 4. The van der Waals surface area contributed by atoms with E-state index in [4.69, 9.17) is 0 Å². The lowest BCUT2D eigenvalue weighted by Gasteiger charge is -2.11. The number of hydrogen-bond donors (Lipinski definition) is 2. The molecule has 2 heterocycles. The molecule has 0 atom stereocenters. The van der Waals surface area contributed by atoms with E-state index in [1.54, 1.807) is 18.3 Å². The van der Waals surface area contributed by atoms with E-state index in [1.165, 1.54) is 6.07 Å². The van der Waals surface area contributed by atoms with Crippen LogP contribution in [0.5, 0.6) is 0 Å². The van der Waals surface area contributed by atoms with Crippen LogP contribution >= 0.6 is 0 Å². The molecule has 4 aromatic rings. The maximum absolute atomic E-state index is 11.5. The molecule has 0 aliphatic heterocycles. The van der Waals surface area contributed by atoms with E-state index in [9.17, 15) is 19.8 Å². The van der Waals surface area contributed by atoms with Crippen molar-refractivity contribution < 1.29 is 19.8 Å². The Bertz CT molecular complexity index is 1200. The highest BCUT2D eigenvalue weighted by molar-refractivity contribution is 6.07. The van der Waals surface area contributed by atoms with Crippen molar-refractivity contribution in [1.82, 2.24) is 9.97 Å². The molecule has 4 rings (SSSR count). The van der Waals surface area contributed by atoms with Crippen molar-refractivity contribution in [1.29, 1.82) is 0 Å². The van der Waals surface area contributed by atoms with E-state index in [2.05, 4.69) is 9.97 Å². The highest BCUT2D eigenvalue weighted by Crippen LogP contribution is 2.32. The van der Waals surface area contributed by atoms with Gasteiger partial charge < -0.3 is 10.2 Å². The first kappa shape index (κ1) is 15.7. The summed E-state index contributed by atoms with van der Waals surface area (Å²) in [6.45, 7) is 0. The number of carbonyl (C=O) groups is 2. The summed E-state index contributed by atoms with van der Waals surface area (Å²) in [7, 11) is 0. The largest absolute Gasteiger partial charge is 0.478 e. The van der Waals surface area contributed by atoms with Gasteiger partial charge in [0, 0.05) is 28.1 Å². The molecule has 0 saturated carbocycles. The number of nitrogens with zero attached hydrogens (tertiary/aromatic N) is 2. The zero-order valence-corrected chi connectivity index (χ0v) is 13.4. The number of benzene rings is 2. The number of fused-ring (bicyclic) bond motifs is 2. The molecule has 0 amide bonds. The monoisotopic (exact) mass is 344 g/mol. The van der Waals surface area contributed by atoms with E-state index in [-0.39, 0.29) is 5.56 Å². The van der Waals surface area contributed by atoms with Crippen molar-refractivity contribution >= 4 is 33.7 Å². The van der Waals surface area contributed by atoms with Crippen LogP contribution in [0.3, 0.4) is 0 Å². The van der Waals surface area contributed by atoms with Crippen LogP contribution in [0.2, 0.25) is 0 Å². The standard InChI is InChI=1S/C20H12N2O4/c23-19(24)15-10-12-5-2-8-14(17(12)22-18(15)20(25)26)13-7-1-4-11-6-3-9-21-16(11)13/h1-10H,(H,23,24)(H,25,26). The number of pyridine rings is 2. The van der Waals surface area contributed by atoms with Gasteiger partial charge in [0.25, 0.3) is 0 Å². The van der Waals surface area contributed by atoms with Crippen molar-refractivity contribution in [3.63, 3.8) is 0 Å². The van der Waals surface area contributed by atoms with E-state index in [0.717, 1.165) is 16.5 Å². The Kier molecular flexibility index (Phi) is 3.58. The Morgan fingerprint density at radius 2 is 1.42 bits per heavy atom. The molecule has 0 radical (unpaired) electrons. The Morgan fingerprint density at radius 3 is 2.12 bits per heavy atom. The minimum Gasteiger partial charge on any atom is -0.478 e. The van der Waals surface area contributed by atoms with Crippen LogP contribution in [0.15, 0.2) is 60.8 Å². The highest BCUT2D eigenvalue weighted by Gasteiger charge is 2.20. The van der Waals surface area contributed by atoms with Crippen molar-refractivity contribution in [2.45, 2.75) is 0 Å². The first-order chi connectivity index (χ1) is 12.6. The fourth-order valence-electron chi connectivity index (χ4n) is 3.06. The van der Waals surface area contributed by atoms with Crippen LogP contribution in [0.1, 0.15) is 20.8 Å². The van der Waals surface area contributed by atoms with Gasteiger partial charge >= 0.3 is 11.9 Å². The maximum Gasteiger partial charge on any atom is 0.355 e. The predicted octanol–water partition coefficient (Wildman–Crippen LogP) is 3.85. The smallest absolute Gasteiger partial charge is 0.355 e. The van der Waals surface area contributed by atoms with E-state index in [1.807, 2.05) is 36.4 Å². The molecule has 26 heavy (non-hydrogen) atoms. The second-order valence-corrected chi connectivity index (χ2v) is 5.75. The van der Waals surface area contributed by atoms with E-state index < -0.39 is 17.6 Å². The summed E-state index contributed by atoms with van der Waals surface area (Å²) in [5.41, 5.74) is 1.88. The summed E-state index contributed by atoms with van der Waals surface area (Å²) in [6, 6.07) is 16.2. The normalized spacial score (nSPS) is 10.9. The molecular weight excluding hydrogens is 332 g/mol. The Morgan fingerprint density at radius 1 is 0.769 bits per heavy atom. The summed E-state index contributed by atoms with van der Waals surface area (Å²) in [5.74, 6) is -2.70. The van der Waals surface area contributed by atoms with Gasteiger partial charge in [-0.3, -0.25) is 4.98 Å². The average molecular weight is 344 g/mol. The molecule has 6 heteroatoms. The highest BCUT2D eigenvalue weighted by atomic mass is 16.4. The number of carboxylic acids is 2. The Labute approximate surface area is 147 Å². The van der Waals surface area contributed by atoms with Gasteiger partial charge in [-0.05, 0) is 12.1 Å². The SMILES string of the molecule is O=C(O)c1cc2cccc(-c3cccc4cccnc34)c2nc1C(=O)O. The summed E-state index contributed by atoms with van der Waals surface area (Å²) in [4.78, 5) is 31.5. The van der Waals surface area contributed by atoms with Crippen LogP contribution < -0.4 is 0 Å². The number of aromatic carboxylic acids is 2. The molecule has 6 nitrogen and oxygen atoms in total. The van der Waals surface area contributed by atoms with Crippen LogP contribution in [-0.4, -0.2) is 32.1 Å². The minimum absolute atomic E-state index is 0.335. The first-order valence-electron chi connectivity index (χ1n) is 7.81. The van der Waals surface area contributed by atoms with Gasteiger partial charge in [-0.1, -0.05) is 42.5 Å². The third kappa shape index (κ3) is 2.44. The third-order valence-corrected chi connectivity index (χ3v) is 4.20. The lowest BCUT2D eigenvalue weighted by molar-refractivity contribution is 0.0647. The van der Waals surface area contributed by atoms with Crippen LogP contribution in [0.25, 0.3) is 32.9 Å². The van der Waals surface area contributed by atoms with Gasteiger partial charge in [-0.15, -0.1) is 0 Å². The molecule has 0 unspecified atom stereocenters. The summed E-state index contributed by atoms with van der Waals surface area (Å²) in [5, 5.41) is 20.2.